The number of hydrogen-bond acceptors (Lipinski definition) is 5. The average Bonchev–Trinajstić information content (AvgIpc) is 3.76. The van der Waals surface area contributed by atoms with Crippen LogP contribution >= 0.6 is 0 Å². The summed E-state index contributed by atoms with van der Waals surface area (Å²) >= 11 is 0. The molecule has 0 saturated heterocycles. The first kappa shape index (κ1) is 37.5. The number of aromatic nitrogens is 4. The molecule has 0 saturated carbocycles. The largest absolute Gasteiger partial charge is 0.455 e. The molecule has 64 heavy (non-hydrogen) atoms. The van der Waals surface area contributed by atoms with Gasteiger partial charge in [-0.3, -0.25) is 0 Å². The van der Waals surface area contributed by atoms with Crippen LogP contribution in [0.25, 0.3) is 117 Å². The lowest BCUT2D eigenvalue weighted by Crippen LogP contribution is -2.01. The standard InChI is InChI=1S/C59H40N4O/c1-37-11-9-16-46(35-37)40-23-29-44(30-24-40)58-61-57(43-27-21-39(22-28-43)38-12-3-2-4-13-38)62-59(63-58)45-31-25-41(26-32-45)47-33-34-52-51(36-47)56-54(50-18-7-8-20-53(50)64-56)55(60-52)49-19-10-15-42-14-5-6-17-48(42)49/h2-34,36-37H,35H2,1H3. The fraction of sp³-hybridized carbons (Fsp3) is 0.0508. The highest BCUT2D eigenvalue weighted by atomic mass is 16.3. The van der Waals surface area contributed by atoms with Crippen molar-refractivity contribution in [2.45, 2.75) is 13.3 Å². The molecule has 0 bridgehead atoms. The molecule has 1 aliphatic rings. The van der Waals surface area contributed by atoms with E-state index in [1.807, 2.05) is 18.2 Å². The summed E-state index contributed by atoms with van der Waals surface area (Å²) in [5, 5.41) is 5.39. The molecule has 0 N–H and O–H groups in total. The molecule has 0 aliphatic heterocycles. The summed E-state index contributed by atoms with van der Waals surface area (Å²) in [6.07, 6.45) is 7.66. The summed E-state index contributed by atoms with van der Waals surface area (Å²) in [6, 6.07) is 65.6. The maximum Gasteiger partial charge on any atom is 0.164 e. The van der Waals surface area contributed by atoms with Gasteiger partial charge < -0.3 is 4.42 Å². The highest BCUT2D eigenvalue weighted by molar-refractivity contribution is 6.21. The van der Waals surface area contributed by atoms with Crippen LogP contribution in [0.2, 0.25) is 0 Å². The topological polar surface area (TPSA) is 64.7 Å². The first-order valence-electron chi connectivity index (χ1n) is 21.8. The molecule has 1 atom stereocenters. The Morgan fingerprint density at radius 2 is 1.00 bits per heavy atom. The number of benzene rings is 8. The van der Waals surface area contributed by atoms with E-state index >= 15 is 0 Å². The number of allylic oxidation sites excluding steroid dienone is 4. The zero-order valence-corrected chi connectivity index (χ0v) is 35.1. The Balaban J connectivity index is 0.934. The van der Waals surface area contributed by atoms with Gasteiger partial charge in [-0.1, -0.05) is 195 Å². The van der Waals surface area contributed by atoms with Gasteiger partial charge in [-0.25, -0.2) is 19.9 Å². The van der Waals surface area contributed by atoms with E-state index in [0.29, 0.717) is 23.4 Å². The number of fused-ring (bicyclic) bond motifs is 6. The van der Waals surface area contributed by atoms with Crippen LogP contribution in [-0.2, 0) is 0 Å². The Morgan fingerprint density at radius 1 is 0.453 bits per heavy atom. The van der Waals surface area contributed by atoms with Crippen LogP contribution in [-0.4, -0.2) is 19.9 Å². The minimum Gasteiger partial charge on any atom is -0.455 e. The molecule has 0 spiro atoms. The molecule has 5 heteroatoms. The molecular weight excluding hydrogens is 781 g/mol. The molecule has 11 aromatic rings. The van der Waals surface area contributed by atoms with Crippen molar-refractivity contribution < 1.29 is 4.42 Å². The maximum atomic E-state index is 6.71. The van der Waals surface area contributed by atoms with Gasteiger partial charge in [-0.05, 0) is 74.7 Å². The SMILES string of the molecule is CC1C=CC=C(c2ccc(-c3nc(-c4ccc(-c5ccccc5)cc4)nc(-c4ccc(-c5ccc6nc(-c7cccc8ccccc78)c7c8ccccc8oc7c6c5)cc4)n3)cc2)C1. The van der Waals surface area contributed by atoms with Gasteiger partial charge in [-0.2, -0.15) is 0 Å². The number of para-hydroxylation sites is 1. The molecule has 0 radical (unpaired) electrons. The van der Waals surface area contributed by atoms with Gasteiger partial charge in [0.15, 0.2) is 17.5 Å². The fourth-order valence-electron chi connectivity index (χ4n) is 9.18. The predicted octanol–water partition coefficient (Wildman–Crippen LogP) is 15.5. The third-order valence-corrected chi connectivity index (χ3v) is 12.5. The Morgan fingerprint density at radius 3 is 1.69 bits per heavy atom. The van der Waals surface area contributed by atoms with Crippen molar-refractivity contribution in [2.75, 3.05) is 0 Å². The van der Waals surface area contributed by atoms with E-state index in [-0.39, 0.29) is 0 Å². The van der Waals surface area contributed by atoms with Crippen molar-refractivity contribution in [1.29, 1.82) is 0 Å². The Bertz CT molecular complexity index is 3620. The van der Waals surface area contributed by atoms with E-state index < -0.39 is 0 Å². The van der Waals surface area contributed by atoms with Gasteiger partial charge in [0.05, 0.1) is 16.6 Å². The fourth-order valence-corrected chi connectivity index (χ4v) is 9.18. The van der Waals surface area contributed by atoms with Crippen molar-refractivity contribution >= 4 is 49.2 Å². The van der Waals surface area contributed by atoms with E-state index in [4.69, 9.17) is 24.4 Å². The zero-order chi connectivity index (χ0) is 42.6. The van der Waals surface area contributed by atoms with Crippen LogP contribution in [0.1, 0.15) is 18.9 Å². The molecule has 3 aromatic heterocycles. The van der Waals surface area contributed by atoms with Crippen molar-refractivity contribution in [3.63, 3.8) is 0 Å². The number of nitrogens with zero attached hydrogens (tertiary/aromatic N) is 4. The molecule has 0 amide bonds. The van der Waals surface area contributed by atoms with Gasteiger partial charge in [0.25, 0.3) is 0 Å². The van der Waals surface area contributed by atoms with Crippen molar-refractivity contribution in [1.82, 2.24) is 19.9 Å². The van der Waals surface area contributed by atoms with Gasteiger partial charge >= 0.3 is 0 Å². The van der Waals surface area contributed by atoms with Crippen LogP contribution in [0.15, 0.2) is 211 Å². The highest BCUT2D eigenvalue weighted by Crippen LogP contribution is 2.42. The minimum absolute atomic E-state index is 0.522. The minimum atomic E-state index is 0.522. The monoisotopic (exact) mass is 820 g/mol. The van der Waals surface area contributed by atoms with Gasteiger partial charge in [0, 0.05) is 33.0 Å². The van der Waals surface area contributed by atoms with E-state index in [0.717, 1.165) is 89.3 Å². The van der Waals surface area contributed by atoms with Crippen LogP contribution in [0, 0.1) is 5.92 Å². The maximum absolute atomic E-state index is 6.71. The third-order valence-electron chi connectivity index (χ3n) is 12.5. The molecule has 8 aromatic carbocycles. The number of hydrogen-bond donors (Lipinski definition) is 0. The second kappa shape index (κ2) is 15.6. The zero-order valence-electron chi connectivity index (χ0n) is 35.1. The van der Waals surface area contributed by atoms with Gasteiger partial charge in [-0.15, -0.1) is 0 Å². The van der Waals surface area contributed by atoms with Crippen LogP contribution in [0.3, 0.4) is 0 Å². The van der Waals surface area contributed by atoms with E-state index in [9.17, 15) is 0 Å². The summed E-state index contributed by atoms with van der Waals surface area (Å²) in [6.45, 7) is 2.26. The Kier molecular flexibility index (Phi) is 9.12. The first-order valence-corrected chi connectivity index (χ1v) is 21.8. The summed E-state index contributed by atoms with van der Waals surface area (Å²) < 4.78 is 6.71. The molecule has 0 fully saturated rings. The lowest BCUT2D eigenvalue weighted by molar-refractivity contribution is 0.672. The normalized spacial score (nSPS) is 13.8. The average molecular weight is 821 g/mol. The Hall–Kier alpha value is -8.28. The summed E-state index contributed by atoms with van der Waals surface area (Å²) in [4.78, 5) is 20.6. The second-order valence-corrected chi connectivity index (χ2v) is 16.7. The molecule has 1 aliphatic carbocycles. The predicted molar refractivity (Wildman–Crippen MR) is 263 cm³/mol. The van der Waals surface area contributed by atoms with Gasteiger partial charge in [0.1, 0.15) is 11.2 Å². The summed E-state index contributed by atoms with van der Waals surface area (Å²) in [5.41, 5.74) is 14.3. The number of rotatable bonds is 7. The van der Waals surface area contributed by atoms with Crippen LogP contribution < -0.4 is 0 Å². The second-order valence-electron chi connectivity index (χ2n) is 16.7. The third kappa shape index (κ3) is 6.75. The molecule has 302 valence electrons. The van der Waals surface area contributed by atoms with Crippen LogP contribution in [0.4, 0.5) is 0 Å². The molecule has 3 heterocycles. The number of furan rings is 1. The first-order chi connectivity index (χ1) is 31.6. The molecular formula is C59H40N4O. The van der Waals surface area contributed by atoms with E-state index in [2.05, 4.69) is 195 Å². The molecule has 1 unspecified atom stereocenters. The van der Waals surface area contributed by atoms with Crippen molar-refractivity contribution in [3.05, 3.63) is 212 Å². The van der Waals surface area contributed by atoms with Crippen LogP contribution in [0.5, 0.6) is 0 Å². The lowest BCUT2D eigenvalue weighted by Gasteiger charge is -2.15. The quantitative estimate of drug-likeness (QED) is 0.160. The van der Waals surface area contributed by atoms with Gasteiger partial charge in [0.2, 0.25) is 0 Å². The van der Waals surface area contributed by atoms with E-state index in [1.54, 1.807) is 0 Å². The number of pyridine rings is 1. The molecule has 5 nitrogen and oxygen atoms in total. The van der Waals surface area contributed by atoms with E-state index in [1.165, 1.54) is 22.1 Å². The molecule has 12 rings (SSSR count). The lowest BCUT2D eigenvalue weighted by atomic mass is 9.91. The summed E-state index contributed by atoms with van der Waals surface area (Å²) in [7, 11) is 0. The summed E-state index contributed by atoms with van der Waals surface area (Å²) in [5.74, 6) is 2.40. The Labute approximate surface area is 370 Å². The highest BCUT2D eigenvalue weighted by Gasteiger charge is 2.20. The van der Waals surface area contributed by atoms with Crippen molar-refractivity contribution in [2.24, 2.45) is 5.92 Å². The van der Waals surface area contributed by atoms with Crippen molar-refractivity contribution in [3.8, 4) is 67.7 Å². The smallest absolute Gasteiger partial charge is 0.164 e.